The molecule has 0 saturated heterocycles. The Bertz CT molecular complexity index is 601. The molecule has 0 radical (unpaired) electrons. The summed E-state index contributed by atoms with van der Waals surface area (Å²) in [6, 6.07) is 13.9. The summed E-state index contributed by atoms with van der Waals surface area (Å²) in [5.74, 6) is 0.789. The highest BCUT2D eigenvalue weighted by atomic mass is 35.5. The number of nitrogens with two attached hydrogens (primary N) is 1. The molecule has 0 unspecified atom stereocenters. The molecule has 0 bridgehead atoms. The van der Waals surface area contributed by atoms with Crippen molar-refractivity contribution in [2.45, 2.75) is 19.6 Å². The van der Waals surface area contributed by atoms with E-state index >= 15 is 0 Å². The molecule has 0 aromatic heterocycles. The third-order valence-electron chi connectivity index (χ3n) is 2.75. The second-order valence-electron chi connectivity index (χ2n) is 4.71. The molecule has 4 heteroatoms. The molecular weight excluding hydrogens is 288 g/mol. The van der Waals surface area contributed by atoms with Crippen molar-refractivity contribution in [1.29, 1.82) is 0 Å². The van der Waals surface area contributed by atoms with Crippen LogP contribution in [0.25, 0.3) is 0 Å². The molecule has 0 fully saturated rings. The Labute approximate surface area is 129 Å². The van der Waals surface area contributed by atoms with E-state index in [-0.39, 0.29) is 0 Å². The van der Waals surface area contributed by atoms with E-state index in [1.807, 2.05) is 36.4 Å². The molecule has 0 aliphatic rings. The van der Waals surface area contributed by atoms with Crippen molar-refractivity contribution in [1.82, 2.24) is 0 Å². The Balaban J connectivity index is 2.02. The van der Waals surface area contributed by atoms with Gasteiger partial charge < -0.3 is 5.73 Å². The van der Waals surface area contributed by atoms with E-state index < -0.39 is 0 Å². The van der Waals surface area contributed by atoms with Crippen LogP contribution in [0.2, 0.25) is 5.02 Å². The quantitative estimate of drug-likeness (QED) is 0.651. The third kappa shape index (κ3) is 4.58. The van der Waals surface area contributed by atoms with Crippen LogP contribution in [-0.4, -0.2) is 5.17 Å². The molecule has 20 heavy (non-hydrogen) atoms. The van der Waals surface area contributed by atoms with Crippen LogP contribution in [0.5, 0.6) is 0 Å². The van der Waals surface area contributed by atoms with E-state index in [4.69, 9.17) is 17.3 Å². The van der Waals surface area contributed by atoms with Crippen LogP contribution in [0.3, 0.4) is 0 Å². The van der Waals surface area contributed by atoms with Crippen molar-refractivity contribution in [3.05, 3.63) is 64.2 Å². The van der Waals surface area contributed by atoms with E-state index in [2.05, 4.69) is 24.9 Å². The van der Waals surface area contributed by atoms with Gasteiger partial charge in [-0.15, -0.1) is 0 Å². The van der Waals surface area contributed by atoms with Gasteiger partial charge >= 0.3 is 0 Å². The largest absolute Gasteiger partial charge is 0.378 e. The van der Waals surface area contributed by atoms with Crippen molar-refractivity contribution in [2.75, 3.05) is 0 Å². The molecule has 0 aliphatic heterocycles. The van der Waals surface area contributed by atoms with Crippen LogP contribution in [0.15, 0.2) is 47.5 Å². The molecule has 2 rings (SSSR count). The van der Waals surface area contributed by atoms with Gasteiger partial charge in [0.25, 0.3) is 0 Å². The van der Waals surface area contributed by atoms with Gasteiger partial charge in [0.15, 0.2) is 5.17 Å². The fourth-order valence-corrected chi connectivity index (χ4v) is 2.72. The maximum absolute atomic E-state index is 5.97. The van der Waals surface area contributed by atoms with Crippen LogP contribution in [-0.2, 0) is 5.75 Å². The standard InChI is InChI=1S/C16H17ClN2S/c1-11-7-12(2)9-15(8-11)19-16(18)20-10-13-3-5-14(17)6-4-13/h3-9H,10H2,1-2H3,(H2,18,19). The van der Waals surface area contributed by atoms with Gasteiger partial charge in [0.2, 0.25) is 0 Å². The molecule has 104 valence electrons. The first-order chi connectivity index (χ1) is 9.52. The van der Waals surface area contributed by atoms with Crippen LogP contribution in [0.1, 0.15) is 16.7 Å². The number of hydrogen-bond acceptors (Lipinski definition) is 2. The Hall–Kier alpha value is -1.45. The van der Waals surface area contributed by atoms with Gasteiger partial charge in [-0.1, -0.05) is 41.6 Å². The summed E-state index contributed by atoms with van der Waals surface area (Å²) in [7, 11) is 0. The minimum Gasteiger partial charge on any atom is -0.378 e. The smallest absolute Gasteiger partial charge is 0.159 e. The summed E-state index contributed by atoms with van der Waals surface area (Å²) in [4.78, 5) is 4.44. The SMILES string of the molecule is Cc1cc(C)cc(N=C(N)SCc2ccc(Cl)cc2)c1. The van der Waals surface area contributed by atoms with Gasteiger partial charge in [0.05, 0.1) is 5.69 Å². The van der Waals surface area contributed by atoms with Crippen molar-refractivity contribution in [3.8, 4) is 0 Å². The lowest BCUT2D eigenvalue weighted by atomic mass is 10.1. The number of aliphatic imine (C=N–C) groups is 1. The fraction of sp³-hybridized carbons (Fsp3) is 0.188. The molecule has 0 saturated carbocycles. The summed E-state index contributed by atoms with van der Waals surface area (Å²) in [6.07, 6.45) is 0. The van der Waals surface area contributed by atoms with Crippen molar-refractivity contribution in [3.63, 3.8) is 0 Å². The molecule has 0 heterocycles. The number of halogens is 1. The van der Waals surface area contributed by atoms with Gasteiger partial charge in [-0.3, -0.25) is 0 Å². The number of thioether (sulfide) groups is 1. The van der Waals surface area contributed by atoms with Gasteiger partial charge in [-0.25, -0.2) is 4.99 Å². The number of aryl methyl sites for hydroxylation is 2. The Morgan fingerprint density at radius 2 is 1.70 bits per heavy atom. The highest BCUT2D eigenvalue weighted by molar-refractivity contribution is 8.13. The second kappa shape index (κ2) is 6.82. The first-order valence-corrected chi connectivity index (χ1v) is 7.69. The summed E-state index contributed by atoms with van der Waals surface area (Å²) < 4.78 is 0. The number of rotatable bonds is 3. The number of nitrogens with zero attached hydrogens (tertiary/aromatic N) is 1. The van der Waals surface area contributed by atoms with Gasteiger partial charge in [0.1, 0.15) is 0 Å². The van der Waals surface area contributed by atoms with Gasteiger partial charge in [-0.2, -0.15) is 0 Å². The zero-order chi connectivity index (χ0) is 14.5. The molecule has 0 atom stereocenters. The maximum Gasteiger partial charge on any atom is 0.159 e. The topological polar surface area (TPSA) is 38.4 Å². The van der Waals surface area contributed by atoms with E-state index in [9.17, 15) is 0 Å². The summed E-state index contributed by atoms with van der Waals surface area (Å²) in [6.45, 7) is 4.12. The number of benzene rings is 2. The van der Waals surface area contributed by atoms with Crippen molar-refractivity contribution in [2.24, 2.45) is 10.7 Å². The van der Waals surface area contributed by atoms with Crippen LogP contribution < -0.4 is 5.73 Å². The Kier molecular flexibility index (Phi) is 5.10. The molecule has 0 amide bonds. The summed E-state index contributed by atoms with van der Waals surface area (Å²) in [5.41, 5.74) is 10.4. The molecule has 2 aromatic carbocycles. The van der Waals surface area contributed by atoms with E-state index in [0.717, 1.165) is 16.5 Å². The average molecular weight is 305 g/mol. The third-order valence-corrected chi connectivity index (χ3v) is 3.86. The highest BCUT2D eigenvalue weighted by Gasteiger charge is 1.99. The lowest BCUT2D eigenvalue weighted by Crippen LogP contribution is -2.06. The van der Waals surface area contributed by atoms with E-state index in [0.29, 0.717) is 5.17 Å². The first kappa shape index (κ1) is 14.9. The molecule has 2 N–H and O–H groups in total. The minimum absolute atomic E-state index is 0.574. The lowest BCUT2D eigenvalue weighted by Gasteiger charge is -2.03. The normalized spacial score (nSPS) is 11.7. The van der Waals surface area contributed by atoms with Crippen LogP contribution in [0, 0.1) is 13.8 Å². The fourth-order valence-electron chi connectivity index (χ4n) is 1.91. The zero-order valence-electron chi connectivity index (χ0n) is 11.6. The molecular formula is C16H17ClN2S. The van der Waals surface area contributed by atoms with Crippen molar-refractivity contribution >= 4 is 34.2 Å². The maximum atomic E-state index is 5.97. The first-order valence-electron chi connectivity index (χ1n) is 6.32. The monoisotopic (exact) mass is 304 g/mol. The lowest BCUT2D eigenvalue weighted by molar-refractivity contribution is 1.35. The van der Waals surface area contributed by atoms with Crippen LogP contribution in [0.4, 0.5) is 5.69 Å². The molecule has 2 nitrogen and oxygen atoms in total. The Morgan fingerprint density at radius 1 is 1.10 bits per heavy atom. The highest BCUT2D eigenvalue weighted by Crippen LogP contribution is 2.20. The van der Waals surface area contributed by atoms with E-state index in [1.54, 1.807) is 0 Å². The predicted octanol–water partition coefficient (Wildman–Crippen LogP) is 4.84. The van der Waals surface area contributed by atoms with Gasteiger partial charge in [0, 0.05) is 10.8 Å². The molecule has 0 spiro atoms. The molecule has 2 aromatic rings. The van der Waals surface area contributed by atoms with Crippen LogP contribution >= 0.6 is 23.4 Å². The summed E-state index contributed by atoms with van der Waals surface area (Å²) >= 11 is 7.38. The van der Waals surface area contributed by atoms with E-state index in [1.165, 1.54) is 28.5 Å². The van der Waals surface area contributed by atoms with Crippen molar-refractivity contribution < 1.29 is 0 Å². The minimum atomic E-state index is 0.574. The predicted molar refractivity (Wildman–Crippen MR) is 89.9 cm³/mol. The average Bonchev–Trinajstić information content (AvgIpc) is 2.37. The number of hydrogen-bond donors (Lipinski definition) is 1. The number of amidine groups is 1. The summed E-state index contributed by atoms with van der Waals surface area (Å²) in [5, 5.41) is 1.32. The zero-order valence-corrected chi connectivity index (χ0v) is 13.1. The van der Waals surface area contributed by atoms with Gasteiger partial charge in [-0.05, 0) is 54.8 Å². The Morgan fingerprint density at radius 3 is 2.30 bits per heavy atom. The second-order valence-corrected chi connectivity index (χ2v) is 6.14. The molecule has 0 aliphatic carbocycles.